The second-order valence-corrected chi connectivity index (χ2v) is 7.32. The van der Waals surface area contributed by atoms with Gasteiger partial charge in [-0.1, -0.05) is 43.2 Å². The standard InChI is InChI=1S/C22H25N5O/c28-22(20(17-9-4-5-10-17)16-7-2-1-3-8-16)24-14-12-19-25-21(27-26-19)18-11-6-13-23-15-18/h1-3,6-8,11,13,15,17,20H,4-5,9-10,12,14H2,(H,24,28)(H,25,26,27)/t20-/m0/s1. The van der Waals surface area contributed by atoms with E-state index in [0.29, 0.717) is 24.7 Å². The minimum atomic E-state index is -0.0654. The molecule has 1 atom stereocenters. The van der Waals surface area contributed by atoms with E-state index in [4.69, 9.17) is 0 Å². The molecule has 0 radical (unpaired) electrons. The molecular formula is C22H25N5O. The van der Waals surface area contributed by atoms with E-state index in [-0.39, 0.29) is 11.8 Å². The molecule has 0 spiro atoms. The molecule has 0 unspecified atom stereocenters. The summed E-state index contributed by atoms with van der Waals surface area (Å²) in [6, 6.07) is 13.9. The van der Waals surface area contributed by atoms with Crippen LogP contribution in [0.3, 0.4) is 0 Å². The van der Waals surface area contributed by atoms with Gasteiger partial charge in [0.15, 0.2) is 5.82 Å². The number of aromatic nitrogens is 4. The number of amides is 1. The molecule has 1 fully saturated rings. The fourth-order valence-electron chi connectivity index (χ4n) is 4.03. The minimum Gasteiger partial charge on any atom is -0.355 e. The Bertz CT molecular complexity index is 888. The molecular weight excluding hydrogens is 350 g/mol. The van der Waals surface area contributed by atoms with Crippen molar-refractivity contribution < 1.29 is 4.79 Å². The van der Waals surface area contributed by atoms with Crippen molar-refractivity contribution in [1.29, 1.82) is 0 Å². The minimum absolute atomic E-state index is 0.0654. The Kier molecular flexibility index (Phi) is 5.75. The van der Waals surface area contributed by atoms with Crippen LogP contribution in [0, 0.1) is 5.92 Å². The Morgan fingerprint density at radius 3 is 2.71 bits per heavy atom. The van der Waals surface area contributed by atoms with Crippen LogP contribution in [0.5, 0.6) is 0 Å². The number of benzene rings is 1. The highest BCUT2D eigenvalue weighted by Crippen LogP contribution is 2.37. The lowest BCUT2D eigenvalue weighted by Crippen LogP contribution is -2.34. The number of pyridine rings is 1. The zero-order chi connectivity index (χ0) is 19.2. The number of hydrogen-bond donors (Lipinski definition) is 2. The molecule has 3 aromatic rings. The Balaban J connectivity index is 1.37. The van der Waals surface area contributed by atoms with Gasteiger partial charge in [0.1, 0.15) is 5.82 Å². The Morgan fingerprint density at radius 1 is 1.14 bits per heavy atom. The van der Waals surface area contributed by atoms with E-state index in [1.165, 1.54) is 12.8 Å². The van der Waals surface area contributed by atoms with Crippen molar-refractivity contribution in [2.75, 3.05) is 6.54 Å². The fourth-order valence-corrected chi connectivity index (χ4v) is 4.03. The quantitative estimate of drug-likeness (QED) is 0.662. The van der Waals surface area contributed by atoms with Crippen LogP contribution in [0.25, 0.3) is 11.4 Å². The van der Waals surface area contributed by atoms with Gasteiger partial charge >= 0.3 is 0 Å². The van der Waals surface area contributed by atoms with E-state index in [2.05, 4.69) is 37.6 Å². The van der Waals surface area contributed by atoms with Crippen LogP contribution in [-0.2, 0) is 11.2 Å². The molecule has 1 aromatic carbocycles. The molecule has 1 aliphatic rings. The zero-order valence-corrected chi connectivity index (χ0v) is 15.8. The van der Waals surface area contributed by atoms with Crippen LogP contribution in [0.1, 0.15) is 43.0 Å². The summed E-state index contributed by atoms with van der Waals surface area (Å²) in [5.74, 6) is 1.87. The highest BCUT2D eigenvalue weighted by atomic mass is 16.1. The van der Waals surface area contributed by atoms with E-state index >= 15 is 0 Å². The van der Waals surface area contributed by atoms with E-state index in [0.717, 1.165) is 29.8 Å². The molecule has 0 aliphatic heterocycles. The third-order valence-corrected chi connectivity index (χ3v) is 5.42. The highest BCUT2D eigenvalue weighted by molar-refractivity contribution is 5.84. The SMILES string of the molecule is O=C(NCCc1nc(-c2cccnc2)n[nH]1)[C@@H](c1ccccc1)C1CCCC1. The smallest absolute Gasteiger partial charge is 0.227 e. The van der Waals surface area contributed by atoms with Crippen molar-refractivity contribution in [3.63, 3.8) is 0 Å². The molecule has 6 heteroatoms. The van der Waals surface area contributed by atoms with Crippen molar-refractivity contribution in [3.8, 4) is 11.4 Å². The highest BCUT2D eigenvalue weighted by Gasteiger charge is 2.31. The fraction of sp³-hybridized carbons (Fsp3) is 0.364. The molecule has 2 aromatic heterocycles. The van der Waals surface area contributed by atoms with Gasteiger partial charge in [-0.2, -0.15) is 5.10 Å². The maximum absolute atomic E-state index is 13.0. The molecule has 1 aliphatic carbocycles. The maximum Gasteiger partial charge on any atom is 0.227 e. The van der Waals surface area contributed by atoms with Crippen LogP contribution in [0.2, 0.25) is 0 Å². The lowest BCUT2D eigenvalue weighted by atomic mass is 9.84. The van der Waals surface area contributed by atoms with E-state index in [1.807, 2.05) is 30.3 Å². The number of nitrogens with zero attached hydrogens (tertiary/aromatic N) is 3. The number of carbonyl (C=O) groups excluding carboxylic acids is 1. The van der Waals surface area contributed by atoms with E-state index < -0.39 is 0 Å². The first-order chi connectivity index (χ1) is 13.8. The molecule has 0 saturated heterocycles. The van der Waals surface area contributed by atoms with Crippen LogP contribution in [0.15, 0.2) is 54.9 Å². The largest absolute Gasteiger partial charge is 0.355 e. The zero-order valence-electron chi connectivity index (χ0n) is 15.8. The predicted octanol–water partition coefficient (Wildman–Crippen LogP) is 3.50. The lowest BCUT2D eigenvalue weighted by molar-refractivity contribution is -0.123. The second-order valence-electron chi connectivity index (χ2n) is 7.32. The van der Waals surface area contributed by atoms with Gasteiger partial charge in [0.05, 0.1) is 5.92 Å². The van der Waals surface area contributed by atoms with Gasteiger partial charge in [-0.3, -0.25) is 14.9 Å². The molecule has 2 N–H and O–H groups in total. The first-order valence-electron chi connectivity index (χ1n) is 9.95. The van der Waals surface area contributed by atoms with Crippen molar-refractivity contribution in [1.82, 2.24) is 25.5 Å². The monoisotopic (exact) mass is 375 g/mol. The normalized spacial score (nSPS) is 15.4. The molecule has 1 amide bonds. The van der Waals surface area contributed by atoms with Crippen LogP contribution in [0.4, 0.5) is 0 Å². The Hall–Kier alpha value is -3.02. The van der Waals surface area contributed by atoms with Gasteiger partial charge in [0.25, 0.3) is 0 Å². The third kappa shape index (κ3) is 4.27. The summed E-state index contributed by atoms with van der Waals surface area (Å²) in [5.41, 5.74) is 1.99. The van der Waals surface area contributed by atoms with Crippen LogP contribution < -0.4 is 5.32 Å². The molecule has 28 heavy (non-hydrogen) atoms. The summed E-state index contributed by atoms with van der Waals surface area (Å²) in [4.78, 5) is 21.6. The van der Waals surface area contributed by atoms with E-state index in [9.17, 15) is 4.79 Å². The van der Waals surface area contributed by atoms with Crippen LogP contribution >= 0.6 is 0 Å². The molecule has 0 bridgehead atoms. The Morgan fingerprint density at radius 2 is 1.96 bits per heavy atom. The molecule has 6 nitrogen and oxygen atoms in total. The maximum atomic E-state index is 13.0. The number of rotatable bonds is 7. The van der Waals surface area contributed by atoms with Gasteiger partial charge in [-0.05, 0) is 36.5 Å². The molecule has 1 saturated carbocycles. The van der Waals surface area contributed by atoms with Crippen LogP contribution in [-0.4, -0.2) is 32.6 Å². The summed E-state index contributed by atoms with van der Waals surface area (Å²) in [7, 11) is 0. The number of carbonyl (C=O) groups is 1. The van der Waals surface area contributed by atoms with Gasteiger partial charge in [-0.25, -0.2) is 4.98 Å². The molecule has 144 valence electrons. The Labute approximate surface area is 164 Å². The number of H-pyrrole nitrogens is 1. The molecule has 4 rings (SSSR count). The van der Waals surface area contributed by atoms with Gasteiger partial charge in [-0.15, -0.1) is 0 Å². The number of nitrogens with one attached hydrogen (secondary N) is 2. The summed E-state index contributed by atoms with van der Waals surface area (Å²) in [6.07, 6.45) is 8.77. The van der Waals surface area contributed by atoms with Crippen molar-refractivity contribution in [2.24, 2.45) is 5.92 Å². The van der Waals surface area contributed by atoms with Gasteiger partial charge in [0, 0.05) is 30.9 Å². The van der Waals surface area contributed by atoms with Crippen molar-refractivity contribution >= 4 is 5.91 Å². The first-order valence-corrected chi connectivity index (χ1v) is 9.95. The number of aromatic amines is 1. The second kappa shape index (κ2) is 8.78. The van der Waals surface area contributed by atoms with Gasteiger partial charge < -0.3 is 5.32 Å². The summed E-state index contributed by atoms with van der Waals surface area (Å²) < 4.78 is 0. The van der Waals surface area contributed by atoms with Gasteiger partial charge in [0.2, 0.25) is 5.91 Å². The summed E-state index contributed by atoms with van der Waals surface area (Å²) >= 11 is 0. The van der Waals surface area contributed by atoms with E-state index in [1.54, 1.807) is 12.4 Å². The van der Waals surface area contributed by atoms with Crippen molar-refractivity contribution in [3.05, 3.63) is 66.2 Å². The first kappa shape index (κ1) is 18.3. The third-order valence-electron chi connectivity index (χ3n) is 5.42. The summed E-state index contributed by atoms with van der Waals surface area (Å²) in [5, 5.41) is 10.3. The lowest BCUT2D eigenvalue weighted by Gasteiger charge is -2.23. The predicted molar refractivity (Wildman–Crippen MR) is 107 cm³/mol. The average molecular weight is 375 g/mol. The summed E-state index contributed by atoms with van der Waals surface area (Å²) in [6.45, 7) is 0.538. The topological polar surface area (TPSA) is 83.6 Å². The van der Waals surface area contributed by atoms with Crippen molar-refractivity contribution in [2.45, 2.75) is 38.0 Å². The molecule has 2 heterocycles. The number of hydrogen-bond acceptors (Lipinski definition) is 4. The average Bonchev–Trinajstić information content (AvgIpc) is 3.42.